The van der Waals surface area contributed by atoms with Crippen molar-refractivity contribution in [3.05, 3.63) is 35.9 Å². The van der Waals surface area contributed by atoms with E-state index in [1.165, 1.54) is 0 Å². The Bertz CT molecular complexity index is 622. The maximum Gasteiger partial charge on any atom is 0.166 e. The maximum atomic E-state index is 9.10. The molecule has 2 aromatic heterocycles. The summed E-state index contributed by atoms with van der Waals surface area (Å²) in [6, 6.07) is 9.76. The molecule has 0 saturated carbocycles. The normalized spacial score (nSPS) is 11.0. The topological polar surface area (TPSA) is 64.9 Å². The van der Waals surface area contributed by atoms with E-state index in [9.17, 15) is 0 Å². The number of nitrogens with zero attached hydrogens (tertiary/aromatic N) is 4. The first-order chi connectivity index (χ1) is 7.60. The van der Waals surface area contributed by atoms with Crippen molar-refractivity contribution < 1.29 is 0 Å². The van der Waals surface area contributed by atoms with Crippen molar-refractivity contribution in [2.75, 3.05) is 0 Å². The molecule has 2 aromatic rings. The van der Waals surface area contributed by atoms with Gasteiger partial charge in [-0.1, -0.05) is 6.07 Å². The van der Waals surface area contributed by atoms with Crippen LogP contribution in [0.5, 0.6) is 0 Å². The molecular formula is C12H10N4. The van der Waals surface area contributed by atoms with Gasteiger partial charge >= 0.3 is 0 Å². The number of nitriles is 2. The average Bonchev–Trinajstić information content (AvgIpc) is 2.68. The standard InChI is InChI=1S/C12H10N4/c1-12(2,8-14)11-15-9(7-13)10-5-3-4-6-16(10)11/h3-6H,1-2H3. The Morgan fingerprint density at radius 1 is 1.31 bits per heavy atom. The van der Waals surface area contributed by atoms with Gasteiger partial charge in [-0.25, -0.2) is 4.98 Å². The zero-order valence-electron chi connectivity index (χ0n) is 9.10. The predicted octanol–water partition coefficient (Wildman–Crippen LogP) is 2.01. The molecule has 0 aliphatic heterocycles. The zero-order valence-corrected chi connectivity index (χ0v) is 9.10. The van der Waals surface area contributed by atoms with Gasteiger partial charge in [0, 0.05) is 6.20 Å². The van der Waals surface area contributed by atoms with Crippen molar-refractivity contribution in [2.24, 2.45) is 0 Å². The molecule has 78 valence electrons. The van der Waals surface area contributed by atoms with E-state index >= 15 is 0 Å². The van der Waals surface area contributed by atoms with E-state index in [-0.39, 0.29) is 0 Å². The van der Waals surface area contributed by atoms with E-state index in [2.05, 4.69) is 11.1 Å². The second-order valence-electron chi connectivity index (χ2n) is 4.09. The van der Waals surface area contributed by atoms with Crippen LogP contribution in [0.2, 0.25) is 0 Å². The van der Waals surface area contributed by atoms with Crippen LogP contribution in [0.4, 0.5) is 0 Å². The van der Waals surface area contributed by atoms with Gasteiger partial charge in [-0.05, 0) is 26.0 Å². The number of rotatable bonds is 1. The molecular weight excluding hydrogens is 200 g/mol. The van der Waals surface area contributed by atoms with Crippen molar-refractivity contribution in [3.8, 4) is 12.1 Å². The average molecular weight is 210 g/mol. The summed E-state index contributed by atoms with van der Waals surface area (Å²) in [6.07, 6.45) is 1.82. The van der Waals surface area contributed by atoms with Crippen molar-refractivity contribution in [3.63, 3.8) is 0 Å². The van der Waals surface area contributed by atoms with Gasteiger partial charge in [0.1, 0.15) is 17.3 Å². The molecule has 2 rings (SSSR count). The minimum Gasteiger partial charge on any atom is -0.301 e. The SMILES string of the molecule is CC(C)(C#N)c1nc(C#N)c2ccccn12. The van der Waals surface area contributed by atoms with Crippen molar-refractivity contribution in [1.82, 2.24) is 9.38 Å². The van der Waals surface area contributed by atoms with Crippen LogP contribution in [-0.4, -0.2) is 9.38 Å². The lowest BCUT2D eigenvalue weighted by Gasteiger charge is -2.13. The summed E-state index contributed by atoms with van der Waals surface area (Å²) in [7, 11) is 0. The second kappa shape index (κ2) is 3.36. The van der Waals surface area contributed by atoms with Gasteiger partial charge in [0.25, 0.3) is 0 Å². The van der Waals surface area contributed by atoms with E-state index in [0.29, 0.717) is 11.5 Å². The molecule has 0 amide bonds. The summed E-state index contributed by atoms with van der Waals surface area (Å²) >= 11 is 0. The highest BCUT2D eigenvalue weighted by molar-refractivity contribution is 5.59. The molecule has 0 saturated heterocycles. The first-order valence-corrected chi connectivity index (χ1v) is 4.89. The van der Waals surface area contributed by atoms with Gasteiger partial charge in [0.05, 0.1) is 11.6 Å². The number of hydrogen-bond donors (Lipinski definition) is 0. The summed E-state index contributed by atoms with van der Waals surface area (Å²) < 4.78 is 1.79. The van der Waals surface area contributed by atoms with Crippen LogP contribution in [0.15, 0.2) is 24.4 Å². The Labute approximate surface area is 93.4 Å². The molecule has 0 bridgehead atoms. The summed E-state index contributed by atoms with van der Waals surface area (Å²) in [4.78, 5) is 4.23. The number of hydrogen-bond acceptors (Lipinski definition) is 3. The monoisotopic (exact) mass is 210 g/mol. The Morgan fingerprint density at radius 2 is 2.06 bits per heavy atom. The summed E-state index contributed by atoms with van der Waals surface area (Å²) in [5, 5.41) is 18.1. The fourth-order valence-electron chi connectivity index (χ4n) is 1.61. The van der Waals surface area contributed by atoms with E-state index in [1.54, 1.807) is 18.2 Å². The lowest BCUT2D eigenvalue weighted by atomic mass is 9.95. The number of aromatic nitrogens is 2. The van der Waals surface area contributed by atoms with E-state index in [4.69, 9.17) is 10.5 Å². The van der Waals surface area contributed by atoms with Crippen molar-refractivity contribution in [1.29, 1.82) is 10.5 Å². The Kier molecular flexibility index (Phi) is 2.14. The van der Waals surface area contributed by atoms with Crippen molar-refractivity contribution in [2.45, 2.75) is 19.3 Å². The van der Waals surface area contributed by atoms with E-state index in [1.807, 2.05) is 30.5 Å². The van der Waals surface area contributed by atoms with Crippen LogP contribution < -0.4 is 0 Å². The lowest BCUT2D eigenvalue weighted by molar-refractivity contribution is 0.625. The number of pyridine rings is 1. The predicted molar refractivity (Wildman–Crippen MR) is 58.5 cm³/mol. The molecule has 16 heavy (non-hydrogen) atoms. The zero-order chi connectivity index (χ0) is 11.8. The number of imidazole rings is 1. The quantitative estimate of drug-likeness (QED) is 0.723. The molecule has 4 heteroatoms. The van der Waals surface area contributed by atoms with Crippen LogP contribution in [0.25, 0.3) is 5.52 Å². The number of fused-ring (bicyclic) bond motifs is 1. The lowest BCUT2D eigenvalue weighted by Crippen LogP contribution is -2.18. The molecule has 0 radical (unpaired) electrons. The maximum absolute atomic E-state index is 9.10. The molecule has 0 N–H and O–H groups in total. The molecule has 0 aliphatic rings. The highest BCUT2D eigenvalue weighted by Gasteiger charge is 2.26. The van der Waals surface area contributed by atoms with Gasteiger partial charge < -0.3 is 4.40 Å². The van der Waals surface area contributed by atoms with Gasteiger partial charge in [0.2, 0.25) is 0 Å². The molecule has 0 unspecified atom stereocenters. The third-order valence-corrected chi connectivity index (χ3v) is 2.49. The van der Waals surface area contributed by atoms with Gasteiger partial charge in [-0.3, -0.25) is 0 Å². The summed E-state index contributed by atoms with van der Waals surface area (Å²) in [5.74, 6) is 0.599. The van der Waals surface area contributed by atoms with E-state index in [0.717, 1.165) is 5.52 Å². The fourth-order valence-corrected chi connectivity index (χ4v) is 1.61. The third kappa shape index (κ3) is 1.32. The first kappa shape index (κ1) is 10.2. The van der Waals surface area contributed by atoms with Gasteiger partial charge in [-0.2, -0.15) is 10.5 Å². The van der Waals surface area contributed by atoms with Crippen LogP contribution in [0.3, 0.4) is 0 Å². The minimum atomic E-state index is -0.709. The molecule has 2 heterocycles. The third-order valence-electron chi connectivity index (χ3n) is 2.49. The first-order valence-electron chi connectivity index (χ1n) is 4.89. The molecule has 0 aliphatic carbocycles. The highest BCUT2D eigenvalue weighted by atomic mass is 15.0. The van der Waals surface area contributed by atoms with Crippen molar-refractivity contribution >= 4 is 5.52 Å². The van der Waals surface area contributed by atoms with Crippen LogP contribution in [0, 0.1) is 22.7 Å². The molecule has 0 fully saturated rings. The highest BCUT2D eigenvalue weighted by Crippen LogP contribution is 2.23. The van der Waals surface area contributed by atoms with Crippen LogP contribution >= 0.6 is 0 Å². The van der Waals surface area contributed by atoms with Gasteiger partial charge in [-0.15, -0.1) is 0 Å². The smallest absolute Gasteiger partial charge is 0.166 e. The van der Waals surface area contributed by atoms with E-state index < -0.39 is 5.41 Å². The molecule has 4 nitrogen and oxygen atoms in total. The minimum absolute atomic E-state index is 0.360. The molecule has 0 spiro atoms. The second-order valence-corrected chi connectivity index (χ2v) is 4.09. The summed E-state index contributed by atoms with van der Waals surface area (Å²) in [6.45, 7) is 3.58. The molecule has 0 atom stereocenters. The van der Waals surface area contributed by atoms with Crippen LogP contribution in [0.1, 0.15) is 25.4 Å². The summed E-state index contributed by atoms with van der Waals surface area (Å²) in [5.41, 5.74) is 0.390. The largest absolute Gasteiger partial charge is 0.301 e. The Balaban J connectivity index is 2.84. The Morgan fingerprint density at radius 3 is 2.69 bits per heavy atom. The fraction of sp³-hybridized carbons (Fsp3) is 0.250. The Hall–Kier alpha value is -2.33. The molecule has 0 aromatic carbocycles. The van der Waals surface area contributed by atoms with Crippen LogP contribution in [-0.2, 0) is 5.41 Å². The van der Waals surface area contributed by atoms with Gasteiger partial charge in [0.15, 0.2) is 5.69 Å².